The number of benzene rings is 1. The van der Waals surface area contributed by atoms with E-state index < -0.39 is 10.0 Å². The summed E-state index contributed by atoms with van der Waals surface area (Å²) < 4.78 is 42.5. The van der Waals surface area contributed by atoms with Gasteiger partial charge in [0, 0.05) is 12.3 Å². The highest BCUT2D eigenvalue weighted by Gasteiger charge is 2.19. The highest BCUT2D eigenvalue weighted by atomic mass is 32.2. The summed E-state index contributed by atoms with van der Waals surface area (Å²) in [6.07, 6.45) is 1.47. The van der Waals surface area contributed by atoms with E-state index in [0.717, 1.165) is 0 Å². The van der Waals surface area contributed by atoms with E-state index in [1.807, 2.05) is 0 Å². The fourth-order valence-electron chi connectivity index (χ4n) is 1.80. The van der Waals surface area contributed by atoms with Crippen LogP contribution in [-0.4, -0.2) is 34.7 Å². The summed E-state index contributed by atoms with van der Waals surface area (Å²) in [4.78, 5) is 3.99. The molecule has 1 heterocycles. The first-order valence-electron chi connectivity index (χ1n) is 6.25. The van der Waals surface area contributed by atoms with Gasteiger partial charge in [-0.15, -0.1) is 0 Å². The molecule has 0 aliphatic rings. The normalized spacial score (nSPS) is 10.9. The molecule has 0 spiro atoms. The van der Waals surface area contributed by atoms with Crippen molar-refractivity contribution in [3.05, 3.63) is 36.5 Å². The van der Waals surface area contributed by atoms with Crippen molar-refractivity contribution in [2.24, 2.45) is 0 Å². The van der Waals surface area contributed by atoms with Gasteiger partial charge in [-0.1, -0.05) is 0 Å². The number of hydrogen-bond acceptors (Lipinski definition) is 6. The SMILES string of the molecule is COc1ccc(S(=O)(=O)Nc2ncccc2OC)cc1OC. The molecule has 0 saturated heterocycles. The Morgan fingerprint density at radius 1 is 0.955 bits per heavy atom. The van der Waals surface area contributed by atoms with Crippen LogP contribution in [0.15, 0.2) is 41.4 Å². The summed E-state index contributed by atoms with van der Waals surface area (Å²) in [5, 5.41) is 0. The Kier molecular flexibility index (Phi) is 4.71. The van der Waals surface area contributed by atoms with Crippen LogP contribution in [0.25, 0.3) is 0 Å². The number of ether oxygens (including phenoxy) is 3. The van der Waals surface area contributed by atoms with Crippen molar-refractivity contribution in [1.29, 1.82) is 0 Å². The lowest BCUT2D eigenvalue weighted by molar-refractivity contribution is 0.354. The maximum absolute atomic E-state index is 12.4. The second kappa shape index (κ2) is 6.52. The van der Waals surface area contributed by atoms with Gasteiger partial charge in [0.05, 0.1) is 26.2 Å². The van der Waals surface area contributed by atoms with Crippen molar-refractivity contribution in [3.8, 4) is 17.2 Å². The van der Waals surface area contributed by atoms with Crippen molar-refractivity contribution < 1.29 is 22.6 Å². The van der Waals surface area contributed by atoms with E-state index in [2.05, 4.69) is 9.71 Å². The molecule has 0 bridgehead atoms. The Bertz CT molecular complexity index is 762. The number of nitrogens with one attached hydrogen (secondary N) is 1. The first-order chi connectivity index (χ1) is 10.5. The van der Waals surface area contributed by atoms with E-state index in [1.165, 1.54) is 45.7 Å². The lowest BCUT2D eigenvalue weighted by Gasteiger charge is -2.12. The molecule has 2 rings (SSSR count). The Labute approximate surface area is 128 Å². The topological polar surface area (TPSA) is 86.8 Å². The second-order valence-electron chi connectivity index (χ2n) is 4.18. The average Bonchev–Trinajstić information content (AvgIpc) is 2.54. The number of pyridine rings is 1. The van der Waals surface area contributed by atoms with Crippen molar-refractivity contribution in [3.63, 3.8) is 0 Å². The van der Waals surface area contributed by atoms with E-state index >= 15 is 0 Å². The molecule has 1 aromatic heterocycles. The predicted octanol–water partition coefficient (Wildman–Crippen LogP) is 1.91. The third-order valence-corrected chi connectivity index (χ3v) is 4.22. The second-order valence-corrected chi connectivity index (χ2v) is 5.86. The van der Waals surface area contributed by atoms with E-state index in [4.69, 9.17) is 14.2 Å². The molecule has 118 valence electrons. The zero-order valence-electron chi connectivity index (χ0n) is 12.4. The van der Waals surface area contributed by atoms with Gasteiger partial charge in [0.15, 0.2) is 23.1 Å². The molecule has 0 aliphatic heterocycles. The van der Waals surface area contributed by atoms with Gasteiger partial charge in [0.25, 0.3) is 10.0 Å². The number of hydrogen-bond donors (Lipinski definition) is 1. The first kappa shape index (κ1) is 15.9. The fraction of sp³-hybridized carbons (Fsp3) is 0.214. The van der Waals surface area contributed by atoms with Crippen molar-refractivity contribution in [2.75, 3.05) is 26.1 Å². The molecule has 7 nitrogen and oxygen atoms in total. The highest BCUT2D eigenvalue weighted by molar-refractivity contribution is 7.92. The van der Waals surface area contributed by atoms with Gasteiger partial charge >= 0.3 is 0 Å². The van der Waals surface area contributed by atoms with Crippen LogP contribution >= 0.6 is 0 Å². The number of aromatic nitrogens is 1. The third-order valence-electron chi connectivity index (χ3n) is 2.89. The van der Waals surface area contributed by atoms with Crippen LogP contribution in [-0.2, 0) is 10.0 Å². The van der Waals surface area contributed by atoms with Gasteiger partial charge in [-0.25, -0.2) is 13.4 Å². The number of anilines is 1. The molecule has 22 heavy (non-hydrogen) atoms. The minimum absolute atomic E-state index is 0.0258. The van der Waals surface area contributed by atoms with E-state index in [1.54, 1.807) is 12.1 Å². The maximum atomic E-state index is 12.4. The number of methoxy groups -OCH3 is 3. The van der Waals surface area contributed by atoms with E-state index in [9.17, 15) is 8.42 Å². The zero-order chi connectivity index (χ0) is 16.2. The monoisotopic (exact) mass is 324 g/mol. The molecular weight excluding hydrogens is 308 g/mol. The van der Waals surface area contributed by atoms with Crippen LogP contribution in [0, 0.1) is 0 Å². The lowest BCUT2D eigenvalue weighted by Crippen LogP contribution is -2.14. The van der Waals surface area contributed by atoms with E-state index in [0.29, 0.717) is 17.2 Å². The molecule has 0 amide bonds. The smallest absolute Gasteiger partial charge is 0.263 e. The van der Waals surface area contributed by atoms with Crippen LogP contribution in [0.3, 0.4) is 0 Å². The Morgan fingerprint density at radius 2 is 1.64 bits per heavy atom. The van der Waals surface area contributed by atoms with Crippen molar-refractivity contribution in [1.82, 2.24) is 4.98 Å². The van der Waals surface area contributed by atoms with Crippen LogP contribution in [0.1, 0.15) is 0 Å². The summed E-state index contributed by atoms with van der Waals surface area (Å²) in [5.41, 5.74) is 0. The van der Waals surface area contributed by atoms with Crippen LogP contribution in [0.2, 0.25) is 0 Å². The highest BCUT2D eigenvalue weighted by Crippen LogP contribution is 2.31. The van der Waals surface area contributed by atoms with Gasteiger partial charge in [-0.3, -0.25) is 4.72 Å². The molecule has 0 unspecified atom stereocenters. The molecule has 0 atom stereocenters. The molecular formula is C14H16N2O5S. The summed E-state index contributed by atoms with van der Waals surface area (Å²) >= 11 is 0. The molecule has 0 saturated carbocycles. The summed E-state index contributed by atoms with van der Waals surface area (Å²) in [5.74, 6) is 1.20. The summed E-state index contributed by atoms with van der Waals surface area (Å²) in [7, 11) is 0.513. The molecule has 2 aromatic rings. The zero-order valence-corrected chi connectivity index (χ0v) is 13.2. The van der Waals surface area contributed by atoms with Gasteiger partial charge in [-0.05, 0) is 24.3 Å². The van der Waals surface area contributed by atoms with E-state index in [-0.39, 0.29) is 10.7 Å². The standard InChI is InChI=1S/C14H16N2O5S/c1-19-11-7-6-10(9-13(11)21-3)22(17,18)16-14-12(20-2)5-4-8-15-14/h4-9H,1-3H3,(H,15,16). The lowest BCUT2D eigenvalue weighted by atomic mass is 10.3. The number of sulfonamides is 1. The minimum Gasteiger partial charge on any atom is -0.493 e. The number of nitrogens with zero attached hydrogens (tertiary/aromatic N) is 1. The summed E-state index contributed by atoms with van der Waals surface area (Å²) in [6.45, 7) is 0. The molecule has 1 N–H and O–H groups in total. The predicted molar refractivity (Wildman–Crippen MR) is 81.1 cm³/mol. The van der Waals surface area contributed by atoms with Crippen LogP contribution in [0.5, 0.6) is 17.2 Å². The fourth-order valence-corrected chi connectivity index (χ4v) is 2.84. The Balaban J connectivity index is 2.38. The molecule has 1 aromatic carbocycles. The van der Waals surface area contributed by atoms with Gasteiger partial charge in [0.2, 0.25) is 0 Å². The first-order valence-corrected chi connectivity index (χ1v) is 7.74. The Morgan fingerprint density at radius 3 is 2.27 bits per heavy atom. The molecule has 8 heteroatoms. The quantitative estimate of drug-likeness (QED) is 0.873. The van der Waals surface area contributed by atoms with Crippen molar-refractivity contribution in [2.45, 2.75) is 4.90 Å². The number of rotatable bonds is 6. The molecule has 0 radical (unpaired) electrons. The molecule has 0 fully saturated rings. The largest absolute Gasteiger partial charge is 0.493 e. The van der Waals surface area contributed by atoms with Crippen LogP contribution < -0.4 is 18.9 Å². The third kappa shape index (κ3) is 3.22. The summed E-state index contributed by atoms with van der Waals surface area (Å²) in [6, 6.07) is 7.56. The average molecular weight is 324 g/mol. The van der Waals surface area contributed by atoms with Gasteiger partial charge < -0.3 is 14.2 Å². The van der Waals surface area contributed by atoms with Gasteiger partial charge in [0.1, 0.15) is 0 Å². The molecule has 0 aliphatic carbocycles. The minimum atomic E-state index is -3.83. The maximum Gasteiger partial charge on any atom is 0.263 e. The van der Waals surface area contributed by atoms with Gasteiger partial charge in [-0.2, -0.15) is 0 Å². The van der Waals surface area contributed by atoms with Crippen LogP contribution in [0.4, 0.5) is 5.82 Å². The van der Waals surface area contributed by atoms with Crippen molar-refractivity contribution >= 4 is 15.8 Å². The Hall–Kier alpha value is -2.48.